The van der Waals surface area contributed by atoms with Crippen LogP contribution in [-0.2, 0) is 6.67 Å². The van der Waals surface area contributed by atoms with Crippen LogP contribution in [0.15, 0.2) is 31.0 Å². The minimum absolute atomic E-state index is 0.202. The molecule has 6 heteroatoms. The van der Waals surface area contributed by atoms with Gasteiger partial charge in [0.1, 0.15) is 12.4 Å². The van der Waals surface area contributed by atoms with Crippen LogP contribution in [0.3, 0.4) is 0 Å². The zero-order chi connectivity index (χ0) is 13.8. The molecule has 0 fully saturated rings. The van der Waals surface area contributed by atoms with Gasteiger partial charge < -0.3 is 5.32 Å². The van der Waals surface area contributed by atoms with E-state index in [2.05, 4.69) is 22.1 Å². The van der Waals surface area contributed by atoms with Crippen molar-refractivity contribution < 1.29 is 4.79 Å². The predicted molar refractivity (Wildman–Crippen MR) is 71.9 cm³/mol. The molecule has 0 aliphatic rings. The summed E-state index contributed by atoms with van der Waals surface area (Å²) in [7, 11) is 0. The molecule has 0 aliphatic heterocycles. The Morgan fingerprint density at radius 1 is 1.47 bits per heavy atom. The van der Waals surface area contributed by atoms with E-state index < -0.39 is 0 Å². The number of aromatic nitrogens is 4. The first-order chi connectivity index (χ1) is 9.10. The molecule has 100 valence electrons. The summed E-state index contributed by atoms with van der Waals surface area (Å²) >= 11 is 0. The van der Waals surface area contributed by atoms with Crippen molar-refractivity contribution in [1.82, 2.24) is 24.9 Å². The third-order valence-electron chi connectivity index (χ3n) is 2.66. The van der Waals surface area contributed by atoms with Gasteiger partial charge in [-0.25, -0.2) is 4.68 Å². The third-order valence-corrected chi connectivity index (χ3v) is 2.66. The molecule has 1 amide bonds. The van der Waals surface area contributed by atoms with Crippen molar-refractivity contribution in [3.8, 4) is 0 Å². The lowest BCUT2D eigenvalue weighted by Crippen LogP contribution is -2.24. The Morgan fingerprint density at radius 2 is 2.26 bits per heavy atom. The highest BCUT2D eigenvalue weighted by Crippen LogP contribution is 2.03. The van der Waals surface area contributed by atoms with Gasteiger partial charge in [0.15, 0.2) is 0 Å². The van der Waals surface area contributed by atoms with Crippen LogP contribution >= 0.6 is 0 Å². The molecule has 19 heavy (non-hydrogen) atoms. The van der Waals surface area contributed by atoms with Gasteiger partial charge >= 0.3 is 0 Å². The first-order valence-corrected chi connectivity index (χ1v) is 6.04. The van der Waals surface area contributed by atoms with Crippen LogP contribution in [0.25, 0.3) is 0 Å². The summed E-state index contributed by atoms with van der Waals surface area (Å²) in [6.07, 6.45) is 3.39. The van der Waals surface area contributed by atoms with Crippen LogP contribution in [0.5, 0.6) is 0 Å². The molecular formula is C13H17N5O. The first-order valence-electron chi connectivity index (χ1n) is 6.04. The molecule has 0 spiro atoms. The Kier molecular flexibility index (Phi) is 3.79. The van der Waals surface area contributed by atoms with Gasteiger partial charge in [0.05, 0.1) is 5.69 Å². The maximum absolute atomic E-state index is 11.7. The smallest absolute Gasteiger partial charge is 0.272 e. The third kappa shape index (κ3) is 3.09. The van der Waals surface area contributed by atoms with Crippen LogP contribution in [0.1, 0.15) is 21.9 Å². The molecule has 0 bridgehead atoms. The second-order valence-electron chi connectivity index (χ2n) is 4.31. The van der Waals surface area contributed by atoms with Crippen molar-refractivity contribution in [3.63, 3.8) is 0 Å². The van der Waals surface area contributed by atoms with E-state index in [0.29, 0.717) is 18.9 Å². The Hall–Kier alpha value is -2.37. The molecule has 0 aromatic carbocycles. The normalized spacial score (nSPS) is 10.4. The van der Waals surface area contributed by atoms with Gasteiger partial charge in [0.2, 0.25) is 0 Å². The van der Waals surface area contributed by atoms with Crippen LogP contribution in [0, 0.1) is 13.8 Å². The minimum Gasteiger partial charge on any atom is -0.347 e. The number of nitrogens with zero attached hydrogens (tertiary/aromatic N) is 4. The van der Waals surface area contributed by atoms with Gasteiger partial charge in [-0.15, -0.1) is 6.58 Å². The molecule has 6 nitrogen and oxygen atoms in total. The molecule has 2 aromatic rings. The molecule has 0 radical (unpaired) electrons. The van der Waals surface area contributed by atoms with E-state index in [9.17, 15) is 4.79 Å². The number of hydrogen-bond acceptors (Lipinski definition) is 3. The van der Waals surface area contributed by atoms with Crippen LogP contribution < -0.4 is 5.32 Å². The van der Waals surface area contributed by atoms with Crippen molar-refractivity contribution in [2.45, 2.75) is 20.5 Å². The average molecular weight is 259 g/mol. The lowest BCUT2D eigenvalue weighted by molar-refractivity contribution is 0.0952. The summed E-state index contributed by atoms with van der Waals surface area (Å²) in [5, 5.41) is 11.3. The van der Waals surface area contributed by atoms with E-state index in [1.165, 1.54) is 0 Å². The number of nitrogens with one attached hydrogen (secondary N) is 1. The van der Waals surface area contributed by atoms with Gasteiger partial charge in [-0.05, 0) is 26.0 Å². The molecule has 0 saturated carbocycles. The van der Waals surface area contributed by atoms with E-state index in [-0.39, 0.29) is 5.91 Å². The Bertz CT molecular complexity index is 596. The first kappa shape index (κ1) is 13.1. The molecule has 1 N–H and O–H groups in total. The largest absolute Gasteiger partial charge is 0.347 e. The highest BCUT2D eigenvalue weighted by molar-refractivity contribution is 5.92. The van der Waals surface area contributed by atoms with Crippen LogP contribution in [-0.4, -0.2) is 32.0 Å². The van der Waals surface area contributed by atoms with Crippen molar-refractivity contribution in [2.24, 2.45) is 0 Å². The van der Waals surface area contributed by atoms with Crippen LogP contribution in [0.2, 0.25) is 0 Å². The number of aryl methyl sites for hydroxylation is 2. The van der Waals surface area contributed by atoms with E-state index >= 15 is 0 Å². The van der Waals surface area contributed by atoms with Crippen molar-refractivity contribution in [3.05, 3.63) is 48.1 Å². The SMILES string of the molecule is C=CCNC(=O)c1ccn(Cn2nc(C)cc2C)n1. The fourth-order valence-electron chi connectivity index (χ4n) is 1.77. The zero-order valence-electron chi connectivity index (χ0n) is 11.1. The number of amides is 1. The van der Waals surface area contributed by atoms with Crippen LogP contribution in [0.4, 0.5) is 0 Å². The number of rotatable bonds is 5. The second kappa shape index (κ2) is 5.51. The molecule has 2 aromatic heterocycles. The maximum Gasteiger partial charge on any atom is 0.272 e. The summed E-state index contributed by atoms with van der Waals surface area (Å²) in [6, 6.07) is 3.69. The maximum atomic E-state index is 11.7. The summed E-state index contributed by atoms with van der Waals surface area (Å²) in [5.74, 6) is -0.202. The molecule has 0 aliphatic carbocycles. The Labute approximate surface area is 111 Å². The predicted octanol–water partition coefficient (Wildman–Crippen LogP) is 1.12. The van der Waals surface area contributed by atoms with Gasteiger partial charge in [0.25, 0.3) is 5.91 Å². The summed E-state index contributed by atoms with van der Waals surface area (Å²) in [5.41, 5.74) is 2.42. The molecule has 0 saturated heterocycles. The summed E-state index contributed by atoms with van der Waals surface area (Å²) in [4.78, 5) is 11.7. The van der Waals surface area contributed by atoms with E-state index in [1.807, 2.05) is 24.6 Å². The van der Waals surface area contributed by atoms with Crippen molar-refractivity contribution in [2.75, 3.05) is 6.54 Å². The molecule has 2 rings (SSSR count). The fourth-order valence-corrected chi connectivity index (χ4v) is 1.77. The van der Waals surface area contributed by atoms with E-state index in [1.54, 1.807) is 23.0 Å². The number of hydrogen-bond donors (Lipinski definition) is 1. The fraction of sp³-hybridized carbons (Fsp3) is 0.308. The lowest BCUT2D eigenvalue weighted by atomic mass is 10.4. The lowest BCUT2D eigenvalue weighted by Gasteiger charge is -2.04. The Morgan fingerprint density at radius 3 is 2.89 bits per heavy atom. The highest BCUT2D eigenvalue weighted by atomic mass is 16.1. The zero-order valence-corrected chi connectivity index (χ0v) is 11.1. The standard InChI is InChI=1S/C13H17N5O/c1-4-6-14-13(19)12-5-7-17(16-12)9-18-11(3)8-10(2)15-18/h4-5,7-8H,1,6,9H2,2-3H3,(H,14,19). The van der Waals surface area contributed by atoms with Gasteiger partial charge in [0, 0.05) is 18.4 Å². The van der Waals surface area contributed by atoms with Crippen molar-refractivity contribution in [1.29, 1.82) is 0 Å². The topological polar surface area (TPSA) is 64.7 Å². The second-order valence-corrected chi connectivity index (χ2v) is 4.31. The van der Waals surface area contributed by atoms with Gasteiger partial charge in [-0.2, -0.15) is 10.2 Å². The van der Waals surface area contributed by atoms with Gasteiger partial charge in [-0.3, -0.25) is 9.48 Å². The van der Waals surface area contributed by atoms with E-state index in [0.717, 1.165) is 11.4 Å². The molecule has 0 unspecified atom stereocenters. The monoisotopic (exact) mass is 259 g/mol. The van der Waals surface area contributed by atoms with Crippen molar-refractivity contribution >= 4 is 5.91 Å². The molecule has 2 heterocycles. The summed E-state index contributed by atoms with van der Waals surface area (Å²) in [6.45, 7) is 8.41. The number of carbonyl (C=O) groups is 1. The molecule has 0 atom stereocenters. The number of carbonyl (C=O) groups excluding carboxylic acids is 1. The average Bonchev–Trinajstić information content (AvgIpc) is 2.94. The van der Waals surface area contributed by atoms with E-state index in [4.69, 9.17) is 0 Å². The quantitative estimate of drug-likeness (QED) is 0.818. The Balaban J connectivity index is 2.07. The van der Waals surface area contributed by atoms with Gasteiger partial charge in [-0.1, -0.05) is 6.08 Å². The highest BCUT2D eigenvalue weighted by Gasteiger charge is 2.09. The minimum atomic E-state index is -0.202. The molecular weight excluding hydrogens is 242 g/mol. The summed E-state index contributed by atoms with van der Waals surface area (Å²) < 4.78 is 3.52.